The number of anilines is 1. The highest BCUT2D eigenvalue weighted by Crippen LogP contribution is 2.29. The van der Waals surface area contributed by atoms with Gasteiger partial charge in [-0.05, 0) is 30.5 Å². The minimum atomic E-state index is 0.0835. The van der Waals surface area contributed by atoms with Crippen LogP contribution in [0.4, 0.5) is 5.82 Å². The molecule has 1 saturated heterocycles. The molecule has 0 unspecified atom stereocenters. The second kappa shape index (κ2) is 6.57. The molecular weight excluding hydrogens is 302 g/mol. The lowest BCUT2D eigenvalue weighted by Crippen LogP contribution is -2.25. The molecular formula is C18H21N5O. The monoisotopic (exact) mass is 323 g/mol. The number of hydrogen-bond donors (Lipinski definition) is 1. The maximum Gasteiger partial charge on any atom is 0.178 e. The zero-order valence-corrected chi connectivity index (χ0v) is 13.7. The van der Waals surface area contributed by atoms with E-state index in [0.717, 1.165) is 43.2 Å². The van der Waals surface area contributed by atoms with Gasteiger partial charge in [-0.2, -0.15) is 4.52 Å². The van der Waals surface area contributed by atoms with Crippen molar-refractivity contribution in [3.63, 3.8) is 0 Å². The number of nitrogens with one attached hydrogen (secondary N) is 1. The van der Waals surface area contributed by atoms with Crippen molar-refractivity contribution in [2.75, 3.05) is 11.9 Å². The first-order valence-corrected chi connectivity index (χ1v) is 8.49. The Morgan fingerprint density at radius 2 is 2.08 bits per heavy atom. The number of aryl methyl sites for hydroxylation is 1. The predicted octanol–water partition coefficient (Wildman–Crippen LogP) is 3.02. The van der Waals surface area contributed by atoms with Crippen LogP contribution in [0.2, 0.25) is 0 Å². The second-order valence-electron chi connectivity index (χ2n) is 6.04. The van der Waals surface area contributed by atoms with Gasteiger partial charge in [0.25, 0.3) is 0 Å². The molecule has 0 bridgehead atoms. The van der Waals surface area contributed by atoms with Crippen LogP contribution in [0.1, 0.15) is 37.2 Å². The van der Waals surface area contributed by atoms with E-state index < -0.39 is 0 Å². The van der Waals surface area contributed by atoms with E-state index in [9.17, 15) is 0 Å². The molecule has 0 spiro atoms. The summed E-state index contributed by atoms with van der Waals surface area (Å²) < 4.78 is 7.74. The number of benzene rings is 1. The van der Waals surface area contributed by atoms with E-state index in [1.54, 1.807) is 4.52 Å². The van der Waals surface area contributed by atoms with Crippen LogP contribution < -0.4 is 5.32 Å². The Balaban J connectivity index is 1.66. The maximum atomic E-state index is 5.94. The van der Waals surface area contributed by atoms with Crippen molar-refractivity contribution in [2.45, 2.75) is 38.3 Å². The zero-order chi connectivity index (χ0) is 16.4. The van der Waals surface area contributed by atoms with E-state index in [0.29, 0.717) is 0 Å². The lowest BCUT2D eigenvalue weighted by molar-refractivity contribution is 0.0953. The van der Waals surface area contributed by atoms with Gasteiger partial charge in [0.2, 0.25) is 0 Å². The molecule has 3 heterocycles. The lowest BCUT2D eigenvalue weighted by atomic mass is 9.99. The number of rotatable bonds is 5. The van der Waals surface area contributed by atoms with Gasteiger partial charge >= 0.3 is 0 Å². The van der Waals surface area contributed by atoms with E-state index in [2.05, 4.69) is 51.8 Å². The normalized spacial score (nSPS) is 18.8. The Labute approximate surface area is 140 Å². The van der Waals surface area contributed by atoms with Gasteiger partial charge in [0.05, 0.1) is 12.1 Å². The summed E-state index contributed by atoms with van der Waals surface area (Å²) in [6.45, 7) is 2.88. The highest BCUT2D eigenvalue weighted by molar-refractivity contribution is 5.45. The molecule has 0 radical (unpaired) electrons. The quantitative estimate of drug-likeness (QED) is 0.782. The molecule has 1 aliphatic heterocycles. The third-order valence-corrected chi connectivity index (χ3v) is 4.44. The molecule has 2 atom stereocenters. The number of ether oxygens (including phenoxy) is 1. The molecule has 1 fully saturated rings. The fourth-order valence-corrected chi connectivity index (χ4v) is 3.21. The van der Waals surface area contributed by atoms with Crippen molar-refractivity contribution in [3.8, 4) is 0 Å². The summed E-state index contributed by atoms with van der Waals surface area (Å²) in [6.07, 6.45) is 3.12. The summed E-state index contributed by atoms with van der Waals surface area (Å²) in [5.41, 5.74) is 1.98. The van der Waals surface area contributed by atoms with Gasteiger partial charge in [-0.25, -0.2) is 0 Å². The van der Waals surface area contributed by atoms with Crippen molar-refractivity contribution in [1.29, 1.82) is 0 Å². The summed E-state index contributed by atoms with van der Waals surface area (Å²) in [5, 5.41) is 16.5. The van der Waals surface area contributed by atoms with Crippen molar-refractivity contribution in [3.05, 3.63) is 53.9 Å². The van der Waals surface area contributed by atoms with E-state index in [-0.39, 0.29) is 12.1 Å². The van der Waals surface area contributed by atoms with Crippen molar-refractivity contribution in [2.24, 2.45) is 0 Å². The third-order valence-electron chi connectivity index (χ3n) is 4.44. The number of hydrogen-bond acceptors (Lipinski definition) is 5. The number of aromatic nitrogens is 4. The average molecular weight is 323 g/mol. The summed E-state index contributed by atoms with van der Waals surface area (Å²) in [5.74, 6) is 1.67. The summed E-state index contributed by atoms with van der Waals surface area (Å²) in [6, 6.07) is 14.4. The first-order chi connectivity index (χ1) is 11.8. The molecule has 6 nitrogen and oxygen atoms in total. The number of nitrogens with zero attached hydrogens (tertiary/aromatic N) is 4. The van der Waals surface area contributed by atoms with Gasteiger partial charge in [0.15, 0.2) is 11.5 Å². The molecule has 0 saturated carbocycles. The van der Waals surface area contributed by atoms with Gasteiger partial charge in [-0.1, -0.05) is 37.3 Å². The van der Waals surface area contributed by atoms with Gasteiger partial charge in [-0.3, -0.25) is 0 Å². The Bertz CT molecular complexity index is 811. The minimum Gasteiger partial charge on any atom is -0.376 e. The summed E-state index contributed by atoms with van der Waals surface area (Å²) in [4.78, 5) is 0. The summed E-state index contributed by atoms with van der Waals surface area (Å²) >= 11 is 0. The van der Waals surface area contributed by atoms with E-state index in [1.807, 2.05) is 18.2 Å². The Hall–Kier alpha value is -2.47. The highest BCUT2D eigenvalue weighted by Gasteiger charge is 2.27. The molecule has 0 amide bonds. The lowest BCUT2D eigenvalue weighted by Gasteiger charge is -2.25. The Morgan fingerprint density at radius 3 is 2.83 bits per heavy atom. The first kappa shape index (κ1) is 15.1. The van der Waals surface area contributed by atoms with Crippen LogP contribution >= 0.6 is 0 Å². The van der Waals surface area contributed by atoms with Crippen LogP contribution in [0, 0.1) is 0 Å². The van der Waals surface area contributed by atoms with Crippen molar-refractivity contribution in [1.82, 2.24) is 19.8 Å². The number of fused-ring (bicyclic) bond motifs is 1. The van der Waals surface area contributed by atoms with Gasteiger partial charge in [0.1, 0.15) is 5.82 Å². The standard InChI is InChI=1S/C18H21N5O/c1-2-16-20-21-17-11-10-15(22-23(16)17)19-18(14-9-6-12-24-14)13-7-4-3-5-8-13/h3-5,7-8,10-11,14,18H,2,6,9,12H2,1H3,(H,19,22)/t14-,18-/m0/s1. The van der Waals surface area contributed by atoms with Crippen LogP contribution in [0.3, 0.4) is 0 Å². The highest BCUT2D eigenvalue weighted by atomic mass is 16.5. The fourth-order valence-electron chi connectivity index (χ4n) is 3.21. The largest absolute Gasteiger partial charge is 0.376 e. The SMILES string of the molecule is CCc1nnc2ccc(N[C@@H](c3ccccc3)[C@@H]3CCCO3)nn12. The Kier molecular flexibility index (Phi) is 4.13. The summed E-state index contributed by atoms with van der Waals surface area (Å²) in [7, 11) is 0. The average Bonchev–Trinajstić information content (AvgIpc) is 3.29. The van der Waals surface area contributed by atoms with Crippen molar-refractivity contribution < 1.29 is 4.74 Å². The molecule has 24 heavy (non-hydrogen) atoms. The maximum absolute atomic E-state index is 5.94. The molecule has 124 valence electrons. The molecule has 1 N–H and O–H groups in total. The zero-order valence-electron chi connectivity index (χ0n) is 13.7. The molecule has 4 rings (SSSR count). The van der Waals surface area contributed by atoms with E-state index in [1.165, 1.54) is 5.56 Å². The van der Waals surface area contributed by atoms with Crippen LogP contribution in [0.5, 0.6) is 0 Å². The Morgan fingerprint density at radius 1 is 1.21 bits per heavy atom. The third kappa shape index (κ3) is 2.85. The predicted molar refractivity (Wildman–Crippen MR) is 91.9 cm³/mol. The molecule has 1 aromatic carbocycles. The topological polar surface area (TPSA) is 64.3 Å². The smallest absolute Gasteiger partial charge is 0.178 e. The van der Waals surface area contributed by atoms with Gasteiger partial charge < -0.3 is 10.1 Å². The molecule has 2 aromatic heterocycles. The van der Waals surface area contributed by atoms with E-state index in [4.69, 9.17) is 4.74 Å². The minimum absolute atomic E-state index is 0.0835. The van der Waals surface area contributed by atoms with Crippen molar-refractivity contribution >= 4 is 11.5 Å². The molecule has 6 heteroatoms. The molecule has 1 aliphatic rings. The van der Waals surface area contributed by atoms with Crippen LogP contribution in [-0.2, 0) is 11.2 Å². The van der Waals surface area contributed by atoms with Crippen LogP contribution in [-0.4, -0.2) is 32.5 Å². The van der Waals surface area contributed by atoms with Gasteiger partial charge in [0, 0.05) is 13.0 Å². The fraction of sp³-hybridized carbons (Fsp3) is 0.389. The van der Waals surface area contributed by atoms with Crippen LogP contribution in [0.15, 0.2) is 42.5 Å². The molecule has 0 aliphatic carbocycles. The van der Waals surface area contributed by atoms with E-state index >= 15 is 0 Å². The second-order valence-corrected chi connectivity index (χ2v) is 6.04. The van der Waals surface area contributed by atoms with Crippen LogP contribution in [0.25, 0.3) is 5.65 Å². The first-order valence-electron chi connectivity index (χ1n) is 8.49. The van der Waals surface area contributed by atoms with Gasteiger partial charge in [-0.15, -0.1) is 15.3 Å². The molecule has 3 aromatic rings.